The summed E-state index contributed by atoms with van der Waals surface area (Å²) < 4.78 is 4.63. The van der Waals surface area contributed by atoms with Crippen molar-refractivity contribution in [2.45, 2.75) is 26.3 Å². The number of rotatable bonds is 7. The molecule has 0 spiro atoms. The summed E-state index contributed by atoms with van der Waals surface area (Å²) in [6, 6.07) is 1.61. The number of non-ortho nitro benzene ring substituents is 2. The third-order valence-corrected chi connectivity index (χ3v) is 3.54. The quantitative estimate of drug-likeness (QED) is 0.453. The molecule has 1 rings (SSSR count). The van der Waals surface area contributed by atoms with E-state index in [4.69, 9.17) is 0 Å². The molecule has 0 aliphatic rings. The summed E-state index contributed by atoms with van der Waals surface area (Å²) in [5.74, 6) is -1.76. The third-order valence-electron chi connectivity index (χ3n) is 3.54. The molecule has 10 heteroatoms. The van der Waals surface area contributed by atoms with Crippen LogP contribution in [0.5, 0.6) is 0 Å². The Bertz CT molecular complexity index is 642. The minimum atomic E-state index is -0.967. The van der Waals surface area contributed by atoms with Crippen LogP contribution in [0.1, 0.15) is 30.6 Å². The predicted octanol–water partition coefficient (Wildman–Crippen LogP) is 1.82. The first kappa shape index (κ1) is 19.0. The van der Waals surface area contributed by atoms with E-state index in [9.17, 15) is 29.8 Å². The van der Waals surface area contributed by atoms with E-state index in [0.29, 0.717) is 6.42 Å². The summed E-state index contributed by atoms with van der Waals surface area (Å²) in [5, 5.41) is 24.1. The van der Waals surface area contributed by atoms with E-state index in [-0.39, 0.29) is 11.5 Å². The van der Waals surface area contributed by atoms with E-state index in [1.807, 2.05) is 6.92 Å². The standard InChI is InChI=1S/C14H17N3O7/c1-4-8(2)12(14(19)24-3)15-13(18)9-5-10(16(20)21)7-11(6-9)17(22)23/h5-8,12H,4H2,1-3H3,(H,15,18)/t8-,12+/m0/s1. The molecule has 0 aliphatic heterocycles. The predicted molar refractivity (Wildman–Crippen MR) is 82.5 cm³/mol. The highest BCUT2D eigenvalue weighted by molar-refractivity contribution is 5.98. The molecule has 0 bridgehead atoms. The van der Waals surface area contributed by atoms with Crippen molar-refractivity contribution in [3.05, 3.63) is 44.0 Å². The van der Waals surface area contributed by atoms with Crippen LogP contribution in [0.3, 0.4) is 0 Å². The molecule has 0 radical (unpaired) electrons. The molecule has 0 heterocycles. The zero-order chi connectivity index (χ0) is 18.4. The normalized spacial score (nSPS) is 12.8. The Morgan fingerprint density at radius 3 is 2.04 bits per heavy atom. The first-order chi connectivity index (χ1) is 11.2. The number of ether oxygens (including phenoxy) is 1. The van der Waals surface area contributed by atoms with Gasteiger partial charge < -0.3 is 10.1 Å². The molecule has 24 heavy (non-hydrogen) atoms. The van der Waals surface area contributed by atoms with Crippen LogP contribution in [0.25, 0.3) is 0 Å². The lowest BCUT2D eigenvalue weighted by Crippen LogP contribution is -2.45. The van der Waals surface area contributed by atoms with Crippen LogP contribution in [0.15, 0.2) is 18.2 Å². The zero-order valence-electron chi connectivity index (χ0n) is 13.3. The fraction of sp³-hybridized carbons (Fsp3) is 0.429. The van der Waals surface area contributed by atoms with Gasteiger partial charge in [-0.1, -0.05) is 20.3 Å². The zero-order valence-corrected chi connectivity index (χ0v) is 13.3. The van der Waals surface area contributed by atoms with Crippen LogP contribution >= 0.6 is 0 Å². The highest BCUT2D eigenvalue weighted by Gasteiger charge is 2.28. The molecule has 0 unspecified atom stereocenters. The van der Waals surface area contributed by atoms with E-state index < -0.39 is 39.1 Å². The maximum atomic E-state index is 12.3. The molecule has 10 nitrogen and oxygen atoms in total. The van der Waals surface area contributed by atoms with E-state index >= 15 is 0 Å². The second-order valence-corrected chi connectivity index (χ2v) is 5.11. The SMILES string of the molecule is CC[C@H](C)[C@@H](NC(=O)c1cc([N+](=O)[O-])cc([N+](=O)[O-])c1)C(=O)OC. The fourth-order valence-corrected chi connectivity index (χ4v) is 1.96. The largest absolute Gasteiger partial charge is 0.467 e. The molecule has 0 saturated carbocycles. The monoisotopic (exact) mass is 339 g/mol. The topological polar surface area (TPSA) is 142 Å². The highest BCUT2D eigenvalue weighted by Crippen LogP contribution is 2.23. The van der Waals surface area contributed by atoms with Gasteiger partial charge in [-0.15, -0.1) is 0 Å². The molecule has 1 aromatic rings. The van der Waals surface area contributed by atoms with Crippen LogP contribution in [-0.4, -0.2) is 34.9 Å². The number of carbonyl (C=O) groups excluding carboxylic acids is 2. The van der Waals surface area contributed by atoms with Crippen LogP contribution in [0.4, 0.5) is 11.4 Å². The van der Waals surface area contributed by atoms with Gasteiger partial charge >= 0.3 is 5.97 Å². The minimum absolute atomic E-state index is 0.255. The number of amides is 1. The first-order valence-electron chi connectivity index (χ1n) is 7.03. The average Bonchev–Trinajstić information content (AvgIpc) is 2.57. The van der Waals surface area contributed by atoms with Crippen molar-refractivity contribution in [3.8, 4) is 0 Å². The van der Waals surface area contributed by atoms with Gasteiger partial charge in [0.05, 0.1) is 28.6 Å². The molecule has 0 fully saturated rings. The number of benzene rings is 1. The third kappa shape index (κ3) is 4.48. The molecule has 130 valence electrons. The Balaban J connectivity index is 3.19. The van der Waals surface area contributed by atoms with Crippen molar-refractivity contribution in [1.82, 2.24) is 5.32 Å². The van der Waals surface area contributed by atoms with Crippen molar-refractivity contribution < 1.29 is 24.2 Å². The molecule has 1 aromatic carbocycles. The molecule has 0 aromatic heterocycles. The fourth-order valence-electron chi connectivity index (χ4n) is 1.96. The van der Waals surface area contributed by atoms with E-state index in [0.717, 1.165) is 18.2 Å². The van der Waals surface area contributed by atoms with Gasteiger partial charge in [0.15, 0.2) is 0 Å². The number of nitrogens with zero attached hydrogens (tertiary/aromatic N) is 2. The number of methoxy groups -OCH3 is 1. The molecular formula is C14H17N3O7. The average molecular weight is 339 g/mol. The molecule has 0 saturated heterocycles. The Morgan fingerprint density at radius 2 is 1.67 bits per heavy atom. The van der Waals surface area contributed by atoms with Crippen molar-refractivity contribution in [2.75, 3.05) is 7.11 Å². The summed E-state index contributed by atoms with van der Waals surface area (Å²) in [7, 11) is 1.17. The Morgan fingerprint density at radius 1 is 1.17 bits per heavy atom. The van der Waals surface area contributed by atoms with Gasteiger partial charge in [-0.25, -0.2) is 4.79 Å². The molecular weight excluding hydrogens is 322 g/mol. The Kier molecular flexibility index (Phi) is 6.33. The lowest BCUT2D eigenvalue weighted by molar-refractivity contribution is -0.394. The number of hydrogen-bond donors (Lipinski definition) is 1. The first-order valence-corrected chi connectivity index (χ1v) is 7.03. The van der Waals surface area contributed by atoms with Crippen molar-refractivity contribution >= 4 is 23.3 Å². The number of nitro groups is 2. The van der Waals surface area contributed by atoms with Gasteiger partial charge in [0.1, 0.15) is 6.04 Å². The Hall–Kier alpha value is -3.04. The number of hydrogen-bond acceptors (Lipinski definition) is 7. The van der Waals surface area contributed by atoms with Crippen molar-refractivity contribution in [1.29, 1.82) is 0 Å². The number of carbonyl (C=O) groups is 2. The van der Waals surface area contributed by atoms with Gasteiger partial charge in [0.2, 0.25) is 0 Å². The number of nitro benzene ring substituents is 2. The molecule has 0 aliphatic carbocycles. The van der Waals surface area contributed by atoms with Crippen molar-refractivity contribution in [3.63, 3.8) is 0 Å². The van der Waals surface area contributed by atoms with E-state index in [1.54, 1.807) is 6.92 Å². The van der Waals surface area contributed by atoms with E-state index in [2.05, 4.69) is 10.1 Å². The maximum absolute atomic E-state index is 12.3. The summed E-state index contributed by atoms with van der Waals surface area (Å²) in [5.41, 5.74) is -1.46. The molecule has 1 N–H and O–H groups in total. The van der Waals surface area contributed by atoms with Gasteiger partial charge in [-0.3, -0.25) is 25.0 Å². The highest BCUT2D eigenvalue weighted by atomic mass is 16.6. The van der Waals surface area contributed by atoms with Gasteiger partial charge in [-0.2, -0.15) is 0 Å². The van der Waals surface area contributed by atoms with Gasteiger partial charge in [0, 0.05) is 12.1 Å². The lowest BCUT2D eigenvalue weighted by Gasteiger charge is -2.21. The summed E-state index contributed by atoms with van der Waals surface area (Å²) in [6.45, 7) is 3.53. The second-order valence-electron chi connectivity index (χ2n) is 5.11. The minimum Gasteiger partial charge on any atom is -0.467 e. The van der Waals surface area contributed by atoms with Crippen LogP contribution < -0.4 is 5.32 Å². The van der Waals surface area contributed by atoms with Crippen molar-refractivity contribution in [2.24, 2.45) is 5.92 Å². The second kappa shape index (κ2) is 7.99. The molecule has 1 amide bonds. The summed E-state index contributed by atoms with van der Waals surface area (Å²) in [6.07, 6.45) is 0.565. The number of nitrogens with one attached hydrogen (secondary N) is 1. The van der Waals surface area contributed by atoms with Gasteiger partial charge in [-0.05, 0) is 5.92 Å². The van der Waals surface area contributed by atoms with Crippen LogP contribution in [-0.2, 0) is 9.53 Å². The van der Waals surface area contributed by atoms with Crippen LogP contribution in [0, 0.1) is 26.1 Å². The summed E-state index contributed by atoms with van der Waals surface area (Å²) in [4.78, 5) is 44.1. The lowest BCUT2D eigenvalue weighted by atomic mass is 9.98. The Labute approximate surface area is 137 Å². The van der Waals surface area contributed by atoms with Gasteiger partial charge in [0.25, 0.3) is 17.3 Å². The van der Waals surface area contributed by atoms with Crippen LogP contribution in [0.2, 0.25) is 0 Å². The number of esters is 1. The summed E-state index contributed by atoms with van der Waals surface area (Å²) >= 11 is 0. The smallest absolute Gasteiger partial charge is 0.328 e. The molecule has 2 atom stereocenters. The van der Waals surface area contributed by atoms with E-state index in [1.165, 1.54) is 7.11 Å². The maximum Gasteiger partial charge on any atom is 0.328 e.